The van der Waals surface area contributed by atoms with E-state index in [2.05, 4.69) is 22.4 Å². The van der Waals surface area contributed by atoms with Gasteiger partial charge in [-0.25, -0.2) is 0 Å². The van der Waals surface area contributed by atoms with Crippen LogP contribution in [0.3, 0.4) is 0 Å². The molecule has 0 bridgehead atoms. The Kier molecular flexibility index (Phi) is 4.30. The SMILES string of the molecule is CCOCC(C)Nc1cccc(-c2nnco2)c1. The second kappa shape index (κ2) is 6.16. The second-order valence-corrected chi connectivity index (χ2v) is 4.03. The molecule has 1 unspecified atom stereocenters. The lowest BCUT2D eigenvalue weighted by molar-refractivity contribution is 0.141. The molecule has 1 heterocycles. The molecule has 2 rings (SSSR count). The standard InChI is InChI=1S/C13H17N3O2/c1-3-17-8-10(2)15-12-6-4-5-11(7-12)13-16-14-9-18-13/h4-7,9-10,15H,3,8H2,1-2H3. The Morgan fingerprint density at radius 2 is 2.33 bits per heavy atom. The smallest absolute Gasteiger partial charge is 0.247 e. The normalized spacial score (nSPS) is 12.3. The summed E-state index contributed by atoms with van der Waals surface area (Å²) in [6, 6.07) is 8.13. The van der Waals surface area contributed by atoms with Crippen LogP contribution in [0.1, 0.15) is 13.8 Å². The number of aromatic nitrogens is 2. The average Bonchev–Trinajstić information content (AvgIpc) is 2.90. The van der Waals surface area contributed by atoms with Crippen LogP contribution in [0, 0.1) is 0 Å². The molecule has 18 heavy (non-hydrogen) atoms. The van der Waals surface area contributed by atoms with Crippen LogP contribution in [0.2, 0.25) is 0 Å². The number of benzene rings is 1. The summed E-state index contributed by atoms with van der Waals surface area (Å²) in [4.78, 5) is 0. The van der Waals surface area contributed by atoms with Gasteiger partial charge < -0.3 is 14.5 Å². The van der Waals surface area contributed by atoms with E-state index in [4.69, 9.17) is 9.15 Å². The quantitative estimate of drug-likeness (QED) is 0.850. The molecule has 2 aromatic rings. The molecule has 0 aliphatic heterocycles. The van der Waals surface area contributed by atoms with Gasteiger partial charge in [0.2, 0.25) is 12.3 Å². The van der Waals surface area contributed by atoms with E-state index in [9.17, 15) is 0 Å². The fraction of sp³-hybridized carbons (Fsp3) is 0.385. The Morgan fingerprint density at radius 1 is 1.44 bits per heavy atom. The van der Waals surface area contributed by atoms with Crippen LogP contribution in [0.4, 0.5) is 5.69 Å². The summed E-state index contributed by atoms with van der Waals surface area (Å²) in [5.41, 5.74) is 1.92. The first-order chi connectivity index (χ1) is 8.79. The van der Waals surface area contributed by atoms with Crippen LogP contribution in [-0.4, -0.2) is 29.5 Å². The average molecular weight is 247 g/mol. The van der Waals surface area contributed by atoms with Crippen molar-refractivity contribution in [3.05, 3.63) is 30.7 Å². The maximum Gasteiger partial charge on any atom is 0.247 e. The third-order valence-electron chi connectivity index (χ3n) is 2.45. The van der Waals surface area contributed by atoms with Gasteiger partial charge in [-0.05, 0) is 32.0 Å². The first kappa shape index (κ1) is 12.6. The molecular weight excluding hydrogens is 230 g/mol. The molecule has 1 atom stereocenters. The third kappa shape index (κ3) is 3.30. The summed E-state index contributed by atoms with van der Waals surface area (Å²) in [5.74, 6) is 0.524. The summed E-state index contributed by atoms with van der Waals surface area (Å²) >= 11 is 0. The Morgan fingerprint density at radius 3 is 3.06 bits per heavy atom. The fourth-order valence-electron chi connectivity index (χ4n) is 1.66. The summed E-state index contributed by atoms with van der Waals surface area (Å²) in [6.07, 6.45) is 1.33. The number of rotatable bonds is 6. The Balaban J connectivity index is 2.03. The van der Waals surface area contributed by atoms with Gasteiger partial charge in [-0.2, -0.15) is 0 Å². The van der Waals surface area contributed by atoms with Gasteiger partial charge in [0.05, 0.1) is 6.61 Å². The van der Waals surface area contributed by atoms with Crippen LogP contribution in [0.25, 0.3) is 11.5 Å². The zero-order chi connectivity index (χ0) is 12.8. The topological polar surface area (TPSA) is 60.2 Å². The van der Waals surface area contributed by atoms with Crippen molar-refractivity contribution in [2.24, 2.45) is 0 Å². The van der Waals surface area contributed by atoms with Gasteiger partial charge in [0.1, 0.15) is 0 Å². The zero-order valence-corrected chi connectivity index (χ0v) is 10.6. The van der Waals surface area contributed by atoms with Crippen molar-refractivity contribution in [1.29, 1.82) is 0 Å². The largest absolute Gasteiger partial charge is 0.423 e. The van der Waals surface area contributed by atoms with E-state index < -0.39 is 0 Å². The summed E-state index contributed by atoms with van der Waals surface area (Å²) < 4.78 is 10.5. The molecule has 0 aliphatic rings. The fourth-order valence-corrected chi connectivity index (χ4v) is 1.66. The summed E-state index contributed by atoms with van der Waals surface area (Å²) in [7, 11) is 0. The minimum Gasteiger partial charge on any atom is -0.423 e. The van der Waals surface area contributed by atoms with Gasteiger partial charge in [0.25, 0.3) is 0 Å². The lowest BCUT2D eigenvalue weighted by Gasteiger charge is -2.15. The van der Waals surface area contributed by atoms with Gasteiger partial charge in [-0.15, -0.1) is 10.2 Å². The summed E-state index contributed by atoms with van der Waals surface area (Å²) in [6.45, 7) is 5.48. The number of anilines is 1. The molecule has 0 spiro atoms. The Bertz CT molecular complexity index is 471. The van der Waals surface area contributed by atoms with Crippen LogP contribution < -0.4 is 5.32 Å². The van der Waals surface area contributed by atoms with Crippen molar-refractivity contribution >= 4 is 5.69 Å². The van der Waals surface area contributed by atoms with Crippen LogP contribution in [0.15, 0.2) is 35.1 Å². The molecule has 0 amide bonds. The number of nitrogens with one attached hydrogen (secondary N) is 1. The lowest BCUT2D eigenvalue weighted by Crippen LogP contribution is -2.21. The van der Waals surface area contributed by atoms with Crippen LogP contribution >= 0.6 is 0 Å². The van der Waals surface area contributed by atoms with E-state index in [1.807, 2.05) is 31.2 Å². The van der Waals surface area contributed by atoms with Gasteiger partial charge in [-0.3, -0.25) is 0 Å². The van der Waals surface area contributed by atoms with Crippen molar-refractivity contribution in [1.82, 2.24) is 10.2 Å². The first-order valence-electron chi connectivity index (χ1n) is 6.00. The molecule has 0 saturated heterocycles. The number of ether oxygens (including phenoxy) is 1. The van der Waals surface area contributed by atoms with Crippen molar-refractivity contribution in [2.75, 3.05) is 18.5 Å². The predicted octanol–water partition coefficient (Wildman–Crippen LogP) is 2.57. The van der Waals surface area contributed by atoms with E-state index in [-0.39, 0.29) is 6.04 Å². The van der Waals surface area contributed by atoms with E-state index in [1.54, 1.807) is 0 Å². The molecule has 0 aliphatic carbocycles. The molecule has 0 radical (unpaired) electrons. The lowest BCUT2D eigenvalue weighted by atomic mass is 10.2. The van der Waals surface area contributed by atoms with E-state index in [0.717, 1.165) is 17.9 Å². The van der Waals surface area contributed by atoms with Gasteiger partial charge in [0.15, 0.2) is 0 Å². The molecule has 0 saturated carbocycles. The third-order valence-corrected chi connectivity index (χ3v) is 2.45. The van der Waals surface area contributed by atoms with Crippen LogP contribution in [-0.2, 0) is 4.74 Å². The van der Waals surface area contributed by atoms with Crippen molar-refractivity contribution in [3.63, 3.8) is 0 Å². The number of hydrogen-bond acceptors (Lipinski definition) is 5. The monoisotopic (exact) mass is 247 g/mol. The van der Waals surface area contributed by atoms with Crippen molar-refractivity contribution in [2.45, 2.75) is 19.9 Å². The van der Waals surface area contributed by atoms with Gasteiger partial charge in [0, 0.05) is 23.9 Å². The minimum atomic E-state index is 0.253. The van der Waals surface area contributed by atoms with Crippen LogP contribution in [0.5, 0.6) is 0 Å². The highest BCUT2D eigenvalue weighted by molar-refractivity contribution is 5.61. The number of nitrogens with zero attached hydrogens (tertiary/aromatic N) is 2. The Labute approximate surface area is 106 Å². The van der Waals surface area contributed by atoms with Gasteiger partial charge in [-0.1, -0.05) is 6.07 Å². The van der Waals surface area contributed by atoms with E-state index in [1.165, 1.54) is 6.39 Å². The minimum absolute atomic E-state index is 0.253. The Hall–Kier alpha value is -1.88. The second-order valence-electron chi connectivity index (χ2n) is 4.03. The first-order valence-corrected chi connectivity index (χ1v) is 6.00. The highest BCUT2D eigenvalue weighted by Crippen LogP contribution is 2.20. The molecule has 5 heteroatoms. The van der Waals surface area contributed by atoms with Gasteiger partial charge >= 0.3 is 0 Å². The molecule has 5 nitrogen and oxygen atoms in total. The highest BCUT2D eigenvalue weighted by atomic mass is 16.5. The molecular formula is C13H17N3O2. The van der Waals surface area contributed by atoms with Crippen molar-refractivity contribution in [3.8, 4) is 11.5 Å². The zero-order valence-electron chi connectivity index (χ0n) is 10.6. The maximum absolute atomic E-state index is 5.37. The molecule has 1 aromatic heterocycles. The number of hydrogen-bond donors (Lipinski definition) is 1. The molecule has 96 valence electrons. The predicted molar refractivity (Wildman–Crippen MR) is 69.3 cm³/mol. The molecule has 1 aromatic carbocycles. The molecule has 1 N–H and O–H groups in total. The summed E-state index contributed by atoms with van der Waals surface area (Å²) in [5, 5.41) is 10.9. The van der Waals surface area contributed by atoms with E-state index >= 15 is 0 Å². The van der Waals surface area contributed by atoms with E-state index in [0.29, 0.717) is 12.5 Å². The maximum atomic E-state index is 5.37. The molecule has 0 fully saturated rings. The highest BCUT2D eigenvalue weighted by Gasteiger charge is 2.06. The van der Waals surface area contributed by atoms with Crippen molar-refractivity contribution < 1.29 is 9.15 Å².